The number of ether oxygens (including phenoxy) is 1. The highest BCUT2D eigenvalue weighted by Crippen LogP contribution is 2.31. The van der Waals surface area contributed by atoms with E-state index in [4.69, 9.17) is 10.5 Å². The predicted octanol–water partition coefficient (Wildman–Crippen LogP) is 2.13. The van der Waals surface area contributed by atoms with Gasteiger partial charge in [0, 0.05) is 24.6 Å². The monoisotopic (exact) mass is 309 g/mol. The fourth-order valence-electron chi connectivity index (χ4n) is 3.28. The fourth-order valence-corrected chi connectivity index (χ4v) is 4.18. The Balaban J connectivity index is 1.55. The van der Waals surface area contributed by atoms with Crippen molar-refractivity contribution in [3.8, 4) is 0 Å². The summed E-state index contributed by atoms with van der Waals surface area (Å²) in [6.07, 6.45) is 6.59. The van der Waals surface area contributed by atoms with E-state index in [1.165, 1.54) is 6.42 Å². The van der Waals surface area contributed by atoms with Gasteiger partial charge in [-0.1, -0.05) is 12.8 Å². The Bertz CT molecular complexity index is 485. The molecule has 2 aliphatic rings. The van der Waals surface area contributed by atoms with E-state index in [1.807, 2.05) is 0 Å². The Labute approximate surface area is 129 Å². The number of nitrogens with one attached hydrogen (secondary N) is 1. The highest BCUT2D eigenvalue weighted by molar-refractivity contribution is 7.09. The van der Waals surface area contributed by atoms with Crippen molar-refractivity contribution in [2.45, 2.75) is 57.2 Å². The van der Waals surface area contributed by atoms with Crippen molar-refractivity contribution >= 4 is 17.2 Å². The summed E-state index contributed by atoms with van der Waals surface area (Å²) in [4.78, 5) is 16.2. The quantitative estimate of drug-likeness (QED) is 0.873. The third kappa shape index (κ3) is 3.62. The van der Waals surface area contributed by atoms with Gasteiger partial charge in [0.15, 0.2) is 0 Å². The Morgan fingerprint density at radius 2 is 2.24 bits per heavy atom. The van der Waals surface area contributed by atoms with Crippen molar-refractivity contribution < 1.29 is 9.53 Å². The molecule has 0 aromatic carbocycles. The summed E-state index contributed by atoms with van der Waals surface area (Å²) in [7, 11) is 0. The smallest absolute Gasteiger partial charge is 0.222 e. The van der Waals surface area contributed by atoms with E-state index in [9.17, 15) is 4.79 Å². The van der Waals surface area contributed by atoms with Gasteiger partial charge in [-0.3, -0.25) is 4.79 Å². The lowest BCUT2D eigenvalue weighted by atomic mass is 9.84. The van der Waals surface area contributed by atoms with Gasteiger partial charge in [-0.15, -0.1) is 11.3 Å². The van der Waals surface area contributed by atoms with E-state index in [1.54, 1.807) is 11.3 Å². The Morgan fingerprint density at radius 1 is 1.38 bits per heavy atom. The average Bonchev–Trinajstić information content (AvgIpc) is 3.16. The minimum atomic E-state index is -0.175. The molecule has 2 heterocycles. The van der Waals surface area contributed by atoms with Crippen molar-refractivity contribution in [1.29, 1.82) is 0 Å². The molecule has 116 valence electrons. The molecule has 0 unspecified atom stereocenters. The van der Waals surface area contributed by atoms with Crippen LogP contribution in [0.1, 0.15) is 55.3 Å². The third-order valence-electron chi connectivity index (χ3n) is 4.45. The first-order valence-electron chi connectivity index (χ1n) is 7.82. The Hall–Kier alpha value is -0.980. The molecule has 1 aliphatic carbocycles. The number of nitrogens with zero attached hydrogens (tertiary/aromatic N) is 1. The fraction of sp³-hybridized carbons (Fsp3) is 0.733. The number of rotatable bonds is 5. The lowest BCUT2D eigenvalue weighted by molar-refractivity contribution is -0.123. The van der Waals surface area contributed by atoms with E-state index in [0.717, 1.165) is 49.4 Å². The number of aromatic nitrogens is 1. The molecule has 2 fully saturated rings. The average molecular weight is 309 g/mol. The first-order chi connectivity index (χ1) is 10.2. The van der Waals surface area contributed by atoms with E-state index in [-0.39, 0.29) is 24.0 Å². The molecule has 0 bridgehead atoms. The van der Waals surface area contributed by atoms with Crippen LogP contribution in [0, 0.1) is 5.92 Å². The molecule has 1 aliphatic heterocycles. The number of thiazole rings is 1. The number of carbonyl (C=O) groups is 1. The second-order valence-electron chi connectivity index (χ2n) is 5.96. The molecule has 1 aromatic heterocycles. The van der Waals surface area contributed by atoms with Crippen molar-refractivity contribution in [1.82, 2.24) is 10.3 Å². The number of carbonyl (C=O) groups excluding carboxylic acids is 1. The molecule has 5 nitrogen and oxygen atoms in total. The lowest BCUT2D eigenvalue weighted by Crippen LogP contribution is -2.44. The zero-order chi connectivity index (χ0) is 14.7. The van der Waals surface area contributed by atoms with Gasteiger partial charge in [0.25, 0.3) is 0 Å². The SMILES string of the molecule is NC(=O)[C@@H]1CCCC[C@@H]1NCc1csc([C@H]2CCCO2)n1. The van der Waals surface area contributed by atoms with Gasteiger partial charge >= 0.3 is 0 Å². The summed E-state index contributed by atoms with van der Waals surface area (Å²) in [5, 5.41) is 6.65. The number of hydrogen-bond donors (Lipinski definition) is 2. The summed E-state index contributed by atoms with van der Waals surface area (Å²) < 4.78 is 5.66. The molecule has 1 saturated heterocycles. The van der Waals surface area contributed by atoms with Gasteiger partial charge in [-0.2, -0.15) is 0 Å². The largest absolute Gasteiger partial charge is 0.371 e. The number of amides is 1. The predicted molar refractivity (Wildman–Crippen MR) is 81.8 cm³/mol. The van der Waals surface area contributed by atoms with Gasteiger partial charge in [0.1, 0.15) is 11.1 Å². The summed E-state index contributed by atoms with van der Waals surface area (Å²) in [6.45, 7) is 1.55. The van der Waals surface area contributed by atoms with Gasteiger partial charge in [0.05, 0.1) is 11.6 Å². The highest BCUT2D eigenvalue weighted by atomic mass is 32.1. The molecular formula is C15H23N3O2S. The normalized spacial score (nSPS) is 29.6. The summed E-state index contributed by atoms with van der Waals surface area (Å²) in [5.74, 6) is -0.208. The number of primary amides is 1. The van der Waals surface area contributed by atoms with E-state index < -0.39 is 0 Å². The van der Waals surface area contributed by atoms with Crippen LogP contribution in [0.2, 0.25) is 0 Å². The van der Waals surface area contributed by atoms with Crippen LogP contribution >= 0.6 is 11.3 Å². The van der Waals surface area contributed by atoms with Crippen LogP contribution in [0.25, 0.3) is 0 Å². The Morgan fingerprint density at radius 3 is 3.00 bits per heavy atom. The summed E-state index contributed by atoms with van der Waals surface area (Å²) in [5.41, 5.74) is 6.55. The highest BCUT2D eigenvalue weighted by Gasteiger charge is 2.29. The van der Waals surface area contributed by atoms with E-state index in [2.05, 4.69) is 15.7 Å². The maximum Gasteiger partial charge on any atom is 0.222 e. The molecule has 21 heavy (non-hydrogen) atoms. The van der Waals surface area contributed by atoms with Crippen molar-refractivity contribution in [2.24, 2.45) is 11.7 Å². The van der Waals surface area contributed by atoms with Gasteiger partial charge in [-0.05, 0) is 25.7 Å². The summed E-state index contributed by atoms with van der Waals surface area (Å²) >= 11 is 1.67. The maximum absolute atomic E-state index is 11.5. The first kappa shape index (κ1) is 14.9. The standard InChI is InChI=1S/C15H23N3O2S/c16-14(19)11-4-1-2-5-12(11)17-8-10-9-21-15(18-10)13-6-3-7-20-13/h9,11-13,17H,1-8H2,(H2,16,19)/t11-,12+,13-/m1/s1. The van der Waals surface area contributed by atoms with E-state index in [0.29, 0.717) is 6.54 Å². The molecule has 6 heteroatoms. The van der Waals surface area contributed by atoms with Crippen LogP contribution in [0.3, 0.4) is 0 Å². The first-order valence-corrected chi connectivity index (χ1v) is 8.70. The van der Waals surface area contributed by atoms with Crippen LogP contribution in [0.4, 0.5) is 0 Å². The lowest BCUT2D eigenvalue weighted by Gasteiger charge is -2.29. The van der Waals surface area contributed by atoms with Crippen molar-refractivity contribution in [3.63, 3.8) is 0 Å². The van der Waals surface area contributed by atoms with Crippen LogP contribution < -0.4 is 11.1 Å². The molecule has 1 saturated carbocycles. The van der Waals surface area contributed by atoms with Crippen LogP contribution in [0.5, 0.6) is 0 Å². The van der Waals surface area contributed by atoms with Gasteiger partial charge < -0.3 is 15.8 Å². The molecule has 1 amide bonds. The molecular weight excluding hydrogens is 286 g/mol. The Kier molecular flexibility index (Phi) is 4.87. The second kappa shape index (κ2) is 6.85. The summed E-state index contributed by atoms with van der Waals surface area (Å²) in [6, 6.07) is 0.198. The number of hydrogen-bond acceptors (Lipinski definition) is 5. The molecule has 3 rings (SSSR count). The van der Waals surface area contributed by atoms with Crippen molar-refractivity contribution in [3.05, 3.63) is 16.1 Å². The zero-order valence-corrected chi connectivity index (χ0v) is 13.0. The van der Waals surface area contributed by atoms with Gasteiger partial charge in [0.2, 0.25) is 5.91 Å². The van der Waals surface area contributed by atoms with E-state index >= 15 is 0 Å². The third-order valence-corrected chi connectivity index (χ3v) is 5.44. The minimum Gasteiger partial charge on any atom is -0.371 e. The van der Waals surface area contributed by atoms with Gasteiger partial charge in [-0.25, -0.2) is 4.98 Å². The zero-order valence-electron chi connectivity index (χ0n) is 12.2. The van der Waals surface area contributed by atoms with Crippen LogP contribution in [0.15, 0.2) is 5.38 Å². The molecule has 0 radical (unpaired) electrons. The molecule has 3 N–H and O–H groups in total. The van der Waals surface area contributed by atoms with Crippen molar-refractivity contribution in [2.75, 3.05) is 6.61 Å². The number of nitrogens with two attached hydrogens (primary N) is 1. The van der Waals surface area contributed by atoms with Crippen LogP contribution in [-0.2, 0) is 16.1 Å². The topological polar surface area (TPSA) is 77.2 Å². The molecule has 1 aromatic rings. The molecule has 3 atom stereocenters. The van der Waals surface area contributed by atoms with Crippen LogP contribution in [-0.4, -0.2) is 23.5 Å². The molecule has 0 spiro atoms. The maximum atomic E-state index is 11.5. The minimum absolute atomic E-state index is 0.0324. The second-order valence-corrected chi connectivity index (χ2v) is 6.85.